The summed E-state index contributed by atoms with van der Waals surface area (Å²) in [6.45, 7) is 8.65. The summed E-state index contributed by atoms with van der Waals surface area (Å²) in [5.41, 5.74) is 4.36. The average molecular weight is 292 g/mol. The molecule has 0 saturated carbocycles. The van der Waals surface area contributed by atoms with Gasteiger partial charge in [-0.3, -0.25) is 4.79 Å². The monoisotopic (exact) mass is 292 g/mol. The minimum Gasteiger partial charge on any atom is -0.289 e. The average Bonchev–Trinajstić information content (AvgIpc) is 2.53. The van der Waals surface area contributed by atoms with Gasteiger partial charge in [0, 0.05) is 5.56 Å². The van der Waals surface area contributed by atoms with Gasteiger partial charge >= 0.3 is 0 Å². The van der Waals surface area contributed by atoms with Crippen molar-refractivity contribution in [3.05, 3.63) is 76.9 Å². The van der Waals surface area contributed by atoms with Crippen LogP contribution in [0.15, 0.2) is 54.6 Å². The number of carbonyl (C=O) groups excluding carboxylic acids is 1. The van der Waals surface area contributed by atoms with E-state index in [1.165, 1.54) is 11.1 Å². The third kappa shape index (κ3) is 4.17. The van der Waals surface area contributed by atoms with Gasteiger partial charge in [0.1, 0.15) is 0 Å². The minimum absolute atomic E-state index is 0.0447. The molecule has 114 valence electrons. The molecule has 0 aliphatic heterocycles. The second-order valence-corrected chi connectivity index (χ2v) is 6.30. The van der Waals surface area contributed by atoms with Crippen LogP contribution in [0, 0.1) is 0 Å². The van der Waals surface area contributed by atoms with Crippen LogP contribution in [0.5, 0.6) is 0 Å². The summed E-state index contributed by atoms with van der Waals surface area (Å²) in [4.78, 5) is 12.2. The Labute approximate surface area is 133 Å². The van der Waals surface area contributed by atoms with E-state index in [9.17, 15) is 4.79 Å². The van der Waals surface area contributed by atoms with Gasteiger partial charge in [0.25, 0.3) is 0 Å². The molecule has 2 rings (SSSR count). The summed E-state index contributed by atoms with van der Waals surface area (Å²) in [5, 5.41) is 0. The van der Waals surface area contributed by atoms with Crippen LogP contribution >= 0.6 is 0 Å². The first-order valence-corrected chi connectivity index (χ1v) is 7.89. The highest BCUT2D eigenvalue weighted by molar-refractivity contribution is 6.06. The summed E-state index contributed by atoms with van der Waals surface area (Å²) in [6.07, 6.45) is 3.53. The van der Waals surface area contributed by atoms with Gasteiger partial charge < -0.3 is 0 Å². The zero-order valence-electron chi connectivity index (χ0n) is 13.8. The summed E-state index contributed by atoms with van der Waals surface area (Å²) in [7, 11) is 0. The van der Waals surface area contributed by atoms with Crippen LogP contribution in [0.25, 0.3) is 6.08 Å². The third-order valence-corrected chi connectivity index (χ3v) is 3.89. The summed E-state index contributed by atoms with van der Waals surface area (Å²) >= 11 is 0. The van der Waals surface area contributed by atoms with Gasteiger partial charge in [-0.15, -0.1) is 0 Å². The number of ketones is 1. The predicted octanol–water partition coefficient (Wildman–Crippen LogP) is 5.83. The zero-order chi connectivity index (χ0) is 16.1. The number of allylic oxidation sites excluding steroid dienone is 1. The standard InChI is InChI=1S/C21H24O/c1-15(2)18-8-5-17(6-9-18)7-14-21(22)20-12-10-19(11-13-20)16(3)4/h5-16H,1-4H3. The van der Waals surface area contributed by atoms with Gasteiger partial charge in [0.05, 0.1) is 0 Å². The van der Waals surface area contributed by atoms with E-state index in [1.807, 2.05) is 30.3 Å². The quantitative estimate of drug-likeness (QED) is 0.500. The molecule has 0 unspecified atom stereocenters. The van der Waals surface area contributed by atoms with E-state index in [0.717, 1.165) is 11.1 Å². The van der Waals surface area contributed by atoms with Crippen molar-refractivity contribution in [1.82, 2.24) is 0 Å². The second kappa shape index (κ2) is 7.22. The smallest absolute Gasteiger partial charge is 0.185 e. The molecule has 0 atom stereocenters. The molecule has 0 aliphatic carbocycles. The molecule has 0 amide bonds. The first-order valence-electron chi connectivity index (χ1n) is 7.89. The van der Waals surface area contributed by atoms with E-state index in [0.29, 0.717) is 11.8 Å². The van der Waals surface area contributed by atoms with Crippen molar-refractivity contribution in [3.8, 4) is 0 Å². The molecule has 2 aromatic rings. The molecule has 0 aliphatic rings. The molecule has 0 fully saturated rings. The fourth-order valence-electron chi connectivity index (χ4n) is 2.29. The fraction of sp³-hybridized carbons (Fsp3) is 0.286. The number of benzene rings is 2. The lowest BCUT2D eigenvalue weighted by molar-refractivity contribution is 0.104. The Morgan fingerprint density at radius 2 is 1.23 bits per heavy atom. The van der Waals surface area contributed by atoms with Gasteiger partial charge in [-0.2, -0.15) is 0 Å². The van der Waals surface area contributed by atoms with E-state index in [4.69, 9.17) is 0 Å². The van der Waals surface area contributed by atoms with Crippen molar-refractivity contribution in [3.63, 3.8) is 0 Å². The van der Waals surface area contributed by atoms with E-state index < -0.39 is 0 Å². The van der Waals surface area contributed by atoms with Gasteiger partial charge in [-0.05, 0) is 34.6 Å². The van der Waals surface area contributed by atoms with Gasteiger partial charge in [-0.25, -0.2) is 0 Å². The minimum atomic E-state index is 0.0447. The molecule has 0 bridgehead atoms. The Morgan fingerprint density at radius 3 is 1.68 bits per heavy atom. The van der Waals surface area contributed by atoms with Crippen molar-refractivity contribution < 1.29 is 4.79 Å². The molecule has 0 spiro atoms. The van der Waals surface area contributed by atoms with E-state index >= 15 is 0 Å². The number of rotatable bonds is 5. The lowest BCUT2D eigenvalue weighted by atomic mass is 9.99. The number of hydrogen-bond acceptors (Lipinski definition) is 1. The molecule has 22 heavy (non-hydrogen) atoms. The maximum Gasteiger partial charge on any atom is 0.185 e. The van der Waals surface area contributed by atoms with E-state index in [-0.39, 0.29) is 5.78 Å². The van der Waals surface area contributed by atoms with Crippen LogP contribution in [0.2, 0.25) is 0 Å². The Hall–Kier alpha value is -2.15. The van der Waals surface area contributed by atoms with Crippen LogP contribution in [0.3, 0.4) is 0 Å². The highest BCUT2D eigenvalue weighted by Gasteiger charge is 2.04. The topological polar surface area (TPSA) is 17.1 Å². The molecule has 0 radical (unpaired) electrons. The van der Waals surface area contributed by atoms with Gasteiger partial charge in [0.2, 0.25) is 0 Å². The molecule has 0 saturated heterocycles. The first-order chi connectivity index (χ1) is 10.5. The van der Waals surface area contributed by atoms with Crippen LogP contribution < -0.4 is 0 Å². The Morgan fingerprint density at radius 1 is 0.773 bits per heavy atom. The number of carbonyl (C=O) groups is 1. The van der Waals surface area contributed by atoms with Crippen LogP contribution in [-0.2, 0) is 0 Å². The van der Waals surface area contributed by atoms with Crippen molar-refractivity contribution in [2.24, 2.45) is 0 Å². The van der Waals surface area contributed by atoms with Crippen LogP contribution in [0.1, 0.15) is 66.6 Å². The fourth-order valence-corrected chi connectivity index (χ4v) is 2.29. The molecule has 0 N–H and O–H groups in total. The SMILES string of the molecule is CC(C)c1ccc(C=CC(=O)c2ccc(C(C)C)cc2)cc1. The lowest BCUT2D eigenvalue weighted by Crippen LogP contribution is -1.95. The van der Waals surface area contributed by atoms with Gasteiger partial charge in [0.15, 0.2) is 5.78 Å². The van der Waals surface area contributed by atoms with E-state index in [1.54, 1.807) is 6.08 Å². The molecule has 2 aromatic carbocycles. The molecule has 1 heteroatoms. The van der Waals surface area contributed by atoms with E-state index in [2.05, 4.69) is 52.0 Å². The third-order valence-electron chi connectivity index (χ3n) is 3.89. The highest BCUT2D eigenvalue weighted by Crippen LogP contribution is 2.17. The largest absolute Gasteiger partial charge is 0.289 e. The normalized spacial score (nSPS) is 11.5. The van der Waals surface area contributed by atoms with Crippen LogP contribution in [0.4, 0.5) is 0 Å². The predicted molar refractivity (Wildman–Crippen MR) is 94.4 cm³/mol. The Bertz CT molecular complexity index is 643. The Balaban J connectivity index is 2.07. The Kier molecular flexibility index (Phi) is 5.32. The maximum absolute atomic E-state index is 12.2. The highest BCUT2D eigenvalue weighted by atomic mass is 16.1. The molecule has 1 nitrogen and oxygen atoms in total. The van der Waals surface area contributed by atoms with Crippen molar-refractivity contribution in [2.75, 3.05) is 0 Å². The lowest BCUT2D eigenvalue weighted by Gasteiger charge is -2.05. The van der Waals surface area contributed by atoms with Crippen molar-refractivity contribution in [1.29, 1.82) is 0 Å². The van der Waals surface area contributed by atoms with Gasteiger partial charge in [-0.1, -0.05) is 82.3 Å². The first kappa shape index (κ1) is 16.2. The molecular formula is C21H24O. The van der Waals surface area contributed by atoms with Crippen molar-refractivity contribution in [2.45, 2.75) is 39.5 Å². The summed E-state index contributed by atoms with van der Waals surface area (Å²) in [6, 6.07) is 16.2. The van der Waals surface area contributed by atoms with Crippen LogP contribution in [-0.4, -0.2) is 5.78 Å². The summed E-state index contributed by atoms with van der Waals surface area (Å²) in [5.74, 6) is 1.06. The second-order valence-electron chi connectivity index (χ2n) is 6.30. The molecular weight excluding hydrogens is 268 g/mol. The van der Waals surface area contributed by atoms with Crippen molar-refractivity contribution >= 4 is 11.9 Å². The maximum atomic E-state index is 12.2. The number of hydrogen-bond donors (Lipinski definition) is 0. The molecule has 0 aromatic heterocycles. The summed E-state index contributed by atoms with van der Waals surface area (Å²) < 4.78 is 0. The molecule has 0 heterocycles. The zero-order valence-corrected chi connectivity index (χ0v) is 13.8.